The van der Waals surface area contributed by atoms with E-state index in [2.05, 4.69) is 27.7 Å². The van der Waals surface area contributed by atoms with Gasteiger partial charge in [0.05, 0.1) is 12.2 Å². The van der Waals surface area contributed by atoms with Gasteiger partial charge in [-0.15, -0.1) is 0 Å². The van der Waals surface area contributed by atoms with Crippen LogP contribution >= 0.6 is 0 Å². The molecule has 4 heteroatoms. The van der Waals surface area contributed by atoms with Crippen molar-refractivity contribution in [2.75, 3.05) is 0 Å². The van der Waals surface area contributed by atoms with Gasteiger partial charge >= 0.3 is 0 Å². The van der Waals surface area contributed by atoms with Gasteiger partial charge in [0.2, 0.25) is 0 Å². The molecule has 0 bridgehead atoms. The third-order valence-electron chi connectivity index (χ3n) is 16.9. The van der Waals surface area contributed by atoms with Gasteiger partial charge in [-0.3, -0.25) is 9.59 Å². The topological polar surface area (TPSA) is 74.6 Å². The minimum Gasteiger partial charge on any atom is -0.393 e. The Labute approximate surface area is 255 Å². The number of aliphatic hydroxyl groups is 2. The Morgan fingerprint density at radius 2 is 0.857 bits per heavy atom. The molecule has 8 saturated carbocycles. The molecule has 0 saturated heterocycles. The molecule has 8 aliphatic rings. The van der Waals surface area contributed by atoms with E-state index in [0.717, 1.165) is 86.9 Å². The Balaban J connectivity index is 0.000000137. The molecule has 0 spiro atoms. The quantitative estimate of drug-likeness (QED) is 0.305. The Hall–Kier alpha value is -0.740. The van der Waals surface area contributed by atoms with Gasteiger partial charge in [0.25, 0.3) is 0 Å². The van der Waals surface area contributed by atoms with Crippen LogP contribution in [-0.2, 0) is 9.59 Å². The van der Waals surface area contributed by atoms with Crippen LogP contribution in [0, 0.1) is 69.0 Å². The van der Waals surface area contributed by atoms with E-state index in [1.807, 2.05) is 0 Å². The van der Waals surface area contributed by atoms with Crippen molar-refractivity contribution in [1.29, 1.82) is 0 Å². The largest absolute Gasteiger partial charge is 0.393 e. The third kappa shape index (κ3) is 4.33. The lowest BCUT2D eigenvalue weighted by molar-refractivity contribution is -0.142. The minimum absolute atomic E-state index is 0.0677. The Bertz CT molecular complexity index is 1000. The number of fused-ring (bicyclic) bond motifs is 10. The summed E-state index contributed by atoms with van der Waals surface area (Å²) in [5.41, 5.74) is 1.20. The molecule has 14 atom stereocenters. The smallest absolute Gasteiger partial charge is 0.133 e. The van der Waals surface area contributed by atoms with Crippen LogP contribution in [0.1, 0.15) is 143 Å². The number of Topliss-reactive ketones (excluding diaryl/α,β-unsaturated/α-hetero) is 2. The fourth-order valence-corrected chi connectivity index (χ4v) is 14.0. The Morgan fingerprint density at radius 3 is 1.26 bits per heavy atom. The van der Waals surface area contributed by atoms with E-state index in [1.54, 1.807) is 0 Å². The predicted molar refractivity (Wildman–Crippen MR) is 165 cm³/mol. The zero-order valence-electron chi connectivity index (χ0n) is 27.2. The monoisotopic (exact) mass is 580 g/mol. The summed E-state index contributed by atoms with van der Waals surface area (Å²) in [6.07, 6.45) is 20.1. The van der Waals surface area contributed by atoms with Crippen LogP contribution in [0.5, 0.6) is 0 Å². The van der Waals surface area contributed by atoms with Crippen LogP contribution in [0.3, 0.4) is 0 Å². The molecule has 8 rings (SSSR count). The van der Waals surface area contributed by atoms with E-state index in [0.29, 0.717) is 34.2 Å². The van der Waals surface area contributed by atoms with Crippen LogP contribution < -0.4 is 0 Å². The first kappa shape index (κ1) is 29.9. The number of aliphatic hydroxyl groups excluding tert-OH is 2. The van der Waals surface area contributed by atoms with Crippen molar-refractivity contribution in [3.05, 3.63) is 0 Å². The van der Waals surface area contributed by atoms with Gasteiger partial charge in [-0.05, 0) is 159 Å². The summed E-state index contributed by atoms with van der Waals surface area (Å²) in [4.78, 5) is 23.7. The van der Waals surface area contributed by atoms with Crippen molar-refractivity contribution >= 4 is 11.6 Å². The molecule has 42 heavy (non-hydrogen) atoms. The van der Waals surface area contributed by atoms with Gasteiger partial charge < -0.3 is 10.2 Å². The van der Waals surface area contributed by atoms with Crippen LogP contribution in [-0.4, -0.2) is 34.0 Å². The summed E-state index contributed by atoms with van der Waals surface area (Å²) in [7, 11) is 0. The molecule has 0 radical (unpaired) electrons. The maximum Gasteiger partial charge on any atom is 0.133 e. The fourth-order valence-electron chi connectivity index (χ4n) is 14.0. The molecule has 0 amide bonds. The van der Waals surface area contributed by atoms with Gasteiger partial charge in [0.15, 0.2) is 0 Å². The highest BCUT2D eigenvalue weighted by Gasteiger charge is 2.61. The number of hydrogen-bond donors (Lipinski definition) is 2. The summed E-state index contributed by atoms with van der Waals surface area (Å²) in [6, 6.07) is 0. The highest BCUT2D eigenvalue weighted by molar-refractivity contribution is 5.80. The molecule has 4 nitrogen and oxygen atoms in total. The molecule has 0 aromatic heterocycles. The van der Waals surface area contributed by atoms with Crippen molar-refractivity contribution in [3.8, 4) is 0 Å². The zero-order chi connectivity index (χ0) is 29.7. The Kier molecular flexibility index (Phi) is 7.41. The molecular weight excluding hydrogens is 520 g/mol. The van der Waals surface area contributed by atoms with Crippen molar-refractivity contribution in [3.63, 3.8) is 0 Å². The van der Waals surface area contributed by atoms with Gasteiger partial charge in [0, 0.05) is 25.7 Å². The minimum atomic E-state index is -0.0677. The van der Waals surface area contributed by atoms with Gasteiger partial charge in [0.1, 0.15) is 11.6 Å². The molecule has 8 aliphatic carbocycles. The number of carbonyl (C=O) groups is 2. The Morgan fingerprint density at radius 1 is 0.476 bits per heavy atom. The van der Waals surface area contributed by atoms with Crippen LogP contribution in [0.25, 0.3) is 0 Å². The molecular formula is C38H60O4. The van der Waals surface area contributed by atoms with E-state index in [1.165, 1.54) is 64.2 Å². The lowest BCUT2D eigenvalue weighted by atomic mass is 9.45. The lowest BCUT2D eigenvalue weighted by Crippen LogP contribution is -2.54. The zero-order valence-corrected chi connectivity index (χ0v) is 27.2. The second-order valence-corrected chi connectivity index (χ2v) is 18.1. The van der Waals surface area contributed by atoms with E-state index >= 15 is 0 Å². The lowest BCUT2D eigenvalue weighted by Gasteiger charge is -2.60. The van der Waals surface area contributed by atoms with Crippen molar-refractivity contribution in [1.82, 2.24) is 0 Å². The molecule has 0 aliphatic heterocycles. The SMILES string of the molecule is C[C@]12CCC(=O)C[C@@H]1CC[C@@H]1[C@@H]2CC[C@]2(C)[C@@H](O)CC[C@@H]12.C[C@]12CCC(=O)C[C@@H]1CC[C@@H]1[C@@H]2CC[C@]2(C)[C@@H](O)CC[C@@H]12. The average Bonchev–Trinajstić information content (AvgIpc) is 3.44. The van der Waals surface area contributed by atoms with E-state index in [4.69, 9.17) is 0 Å². The molecule has 236 valence electrons. The first-order valence-corrected chi connectivity index (χ1v) is 18.3. The average molecular weight is 581 g/mol. The molecule has 2 N–H and O–H groups in total. The predicted octanol–water partition coefficient (Wildman–Crippen LogP) is 7.92. The maximum absolute atomic E-state index is 11.9. The van der Waals surface area contributed by atoms with Crippen LogP contribution in [0.15, 0.2) is 0 Å². The van der Waals surface area contributed by atoms with Gasteiger partial charge in [-0.25, -0.2) is 0 Å². The third-order valence-corrected chi connectivity index (χ3v) is 16.9. The maximum atomic E-state index is 11.9. The highest BCUT2D eigenvalue weighted by atomic mass is 16.3. The van der Waals surface area contributed by atoms with E-state index < -0.39 is 0 Å². The summed E-state index contributed by atoms with van der Waals surface area (Å²) >= 11 is 0. The summed E-state index contributed by atoms with van der Waals surface area (Å²) in [5, 5.41) is 20.9. The van der Waals surface area contributed by atoms with Gasteiger partial charge in [-0.1, -0.05) is 27.7 Å². The molecule has 0 unspecified atom stereocenters. The number of hydrogen-bond acceptors (Lipinski definition) is 4. The normalized spacial score (nSPS) is 56.5. The van der Waals surface area contributed by atoms with Crippen LogP contribution in [0.2, 0.25) is 0 Å². The molecule has 0 heterocycles. The number of ketones is 2. The molecule has 0 aromatic rings. The van der Waals surface area contributed by atoms with Crippen molar-refractivity contribution in [2.24, 2.45) is 69.0 Å². The highest BCUT2D eigenvalue weighted by Crippen LogP contribution is 2.67. The second-order valence-electron chi connectivity index (χ2n) is 18.1. The molecule has 0 aromatic carbocycles. The summed E-state index contributed by atoms with van der Waals surface area (Å²) < 4.78 is 0. The number of carbonyl (C=O) groups excluding carboxylic acids is 2. The van der Waals surface area contributed by atoms with Crippen molar-refractivity contribution < 1.29 is 19.8 Å². The van der Waals surface area contributed by atoms with Gasteiger partial charge in [-0.2, -0.15) is 0 Å². The van der Waals surface area contributed by atoms with Crippen LogP contribution in [0.4, 0.5) is 0 Å². The fraction of sp³-hybridized carbons (Fsp3) is 0.947. The first-order valence-electron chi connectivity index (χ1n) is 18.3. The van der Waals surface area contributed by atoms with E-state index in [9.17, 15) is 19.8 Å². The summed E-state index contributed by atoms with van der Waals surface area (Å²) in [5.74, 6) is 7.04. The first-order chi connectivity index (χ1) is 19.9. The molecule has 8 fully saturated rings. The summed E-state index contributed by atoms with van der Waals surface area (Å²) in [6.45, 7) is 9.69. The second kappa shape index (κ2) is 10.4. The van der Waals surface area contributed by atoms with Crippen molar-refractivity contribution in [2.45, 2.75) is 155 Å². The van der Waals surface area contributed by atoms with E-state index in [-0.39, 0.29) is 23.0 Å². The number of rotatable bonds is 0. The standard InChI is InChI=1S/2C19H30O2/c2*1-18-9-7-13(20)11-12(18)3-4-14-15-5-6-17(21)19(15,2)10-8-16(14)18/h2*12,14-17,21H,3-11H2,1-2H3/t2*12-,14-,15-,16-,17-,18-,19-/m00/s1.